The predicted molar refractivity (Wildman–Crippen MR) is 125 cm³/mol. The number of nitrogens with zero attached hydrogens (tertiary/aromatic N) is 2. The monoisotopic (exact) mass is 427 g/mol. The Hall–Kier alpha value is -3.77. The molecule has 0 bridgehead atoms. The Bertz CT molecular complexity index is 1340. The maximum atomic E-state index is 13.2. The van der Waals surface area contributed by atoms with Gasteiger partial charge in [-0.3, -0.25) is 9.78 Å². The van der Waals surface area contributed by atoms with Crippen molar-refractivity contribution >= 4 is 28.3 Å². The summed E-state index contributed by atoms with van der Waals surface area (Å²) in [7, 11) is 0. The van der Waals surface area contributed by atoms with E-state index in [1.54, 1.807) is 12.3 Å². The Balaban J connectivity index is 1.89. The average molecular weight is 428 g/mol. The van der Waals surface area contributed by atoms with Gasteiger partial charge in [-0.15, -0.1) is 0 Å². The number of hydrogen-bond donors (Lipinski definition) is 2. The summed E-state index contributed by atoms with van der Waals surface area (Å²) in [6.45, 7) is 5.68. The Kier molecular flexibility index (Phi) is 6.14. The van der Waals surface area contributed by atoms with E-state index in [1.807, 2.05) is 62.4 Å². The second-order valence-electron chi connectivity index (χ2n) is 7.69. The van der Waals surface area contributed by atoms with Crippen LogP contribution < -0.4 is 10.9 Å². The lowest BCUT2D eigenvalue weighted by molar-refractivity contribution is 0.102. The number of nitrogens with one attached hydrogen (secondary N) is 1. The van der Waals surface area contributed by atoms with Crippen LogP contribution in [0.25, 0.3) is 11.0 Å². The lowest BCUT2D eigenvalue weighted by Gasteiger charge is -2.10. The van der Waals surface area contributed by atoms with Crippen molar-refractivity contribution in [1.29, 1.82) is 0 Å². The van der Waals surface area contributed by atoms with Crippen LogP contribution in [0.3, 0.4) is 0 Å². The summed E-state index contributed by atoms with van der Waals surface area (Å²) in [6, 6.07) is 17.1. The summed E-state index contributed by atoms with van der Waals surface area (Å²) >= 11 is 0. The zero-order valence-electron chi connectivity index (χ0n) is 18.3. The number of aromatic nitrogens is 1. The number of amides is 1. The van der Waals surface area contributed by atoms with Crippen molar-refractivity contribution in [3.05, 3.63) is 94.3 Å². The minimum atomic E-state index is -0.346. The van der Waals surface area contributed by atoms with E-state index in [0.717, 1.165) is 12.0 Å². The third-order valence-electron chi connectivity index (χ3n) is 5.35. The van der Waals surface area contributed by atoms with E-state index in [2.05, 4.69) is 22.2 Å². The lowest BCUT2D eigenvalue weighted by Crippen LogP contribution is -2.22. The molecule has 0 aliphatic carbocycles. The van der Waals surface area contributed by atoms with Crippen LogP contribution in [0.2, 0.25) is 0 Å². The number of pyridine rings is 1. The van der Waals surface area contributed by atoms with Crippen molar-refractivity contribution in [1.82, 2.24) is 4.98 Å². The highest BCUT2D eigenvalue weighted by atomic mass is 16.3. The van der Waals surface area contributed by atoms with Gasteiger partial charge >= 0.3 is 0 Å². The molecule has 0 radical (unpaired) electrons. The van der Waals surface area contributed by atoms with Gasteiger partial charge in [0.2, 0.25) is 5.55 Å². The van der Waals surface area contributed by atoms with Gasteiger partial charge in [0, 0.05) is 22.8 Å². The van der Waals surface area contributed by atoms with Crippen molar-refractivity contribution in [2.75, 3.05) is 5.32 Å². The van der Waals surface area contributed by atoms with Crippen LogP contribution in [0.1, 0.15) is 39.7 Å². The second kappa shape index (κ2) is 9.16. The van der Waals surface area contributed by atoms with Crippen molar-refractivity contribution in [3.8, 4) is 0 Å². The Morgan fingerprint density at radius 3 is 2.47 bits per heavy atom. The van der Waals surface area contributed by atoms with Crippen LogP contribution in [0.15, 0.2) is 70.2 Å². The molecular formula is C26H25N3O3. The van der Waals surface area contributed by atoms with Gasteiger partial charge in [-0.2, -0.15) is 0 Å². The van der Waals surface area contributed by atoms with E-state index < -0.39 is 0 Å². The molecule has 2 aromatic heterocycles. The number of aliphatic hydroxyl groups is 1. The molecule has 162 valence electrons. The Morgan fingerprint density at radius 2 is 1.81 bits per heavy atom. The number of hydrogen-bond acceptors (Lipinski definition) is 5. The lowest BCUT2D eigenvalue weighted by atomic mass is 10.1. The highest BCUT2D eigenvalue weighted by Crippen LogP contribution is 2.22. The molecule has 1 amide bonds. The first-order valence-electron chi connectivity index (χ1n) is 10.5. The molecule has 0 fully saturated rings. The van der Waals surface area contributed by atoms with E-state index in [9.17, 15) is 9.90 Å². The van der Waals surface area contributed by atoms with Gasteiger partial charge < -0.3 is 14.8 Å². The van der Waals surface area contributed by atoms with Gasteiger partial charge in [0.1, 0.15) is 5.56 Å². The highest BCUT2D eigenvalue weighted by Gasteiger charge is 2.16. The van der Waals surface area contributed by atoms with Gasteiger partial charge in [0.15, 0.2) is 5.58 Å². The van der Waals surface area contributed by atoms with E-state index in [-0.39, 0.29) is 23.6 Å². The van der Waals surface area contributed by atoms with Gasteiger partial charge in [-0.25, -0.2) is 4.99 Å². The summed E-state index contributed by atoms with van der Waals surface area (Å²) in [5.41, 5.74) is 5.84. The molecule has 0 atom stereocenters. The number of aryl methyl sites for hydroxylation is 3. The Morgan fingerprint density at radius 1 is 1.09 bits per heavy atom. The fraction of sp³-hybridized carbons (Fsp3) is 0.192. The van der Waals surface area contributed by atoms with E-state index >= 15 is 0 Å². The Labute approximate surface area is 186 Å². The number of anilines is 1. The predicted octanol–water partition coefficient (Wildman–Crippen LogP) is 4.98. The molecule has 4 aromatic rings. The van der Waals surface area contributed by atoms with Crippen LogP contribution in [0.4, 0.5) is 11.4 Å². The molecule has 6 heteroatoms. The fourth-order valence-corrected chi connectivity index (χ4v) is 3.42. The van der Waals surface area contributed by atoms with E-state index in [4.69, 9.17) is 4.42 Å². The third-order valence-corrected chi connectivity index (χ3v) is 5.35. The van der Waals surface area contributed by atoms with Gasteiger partial charge in [0.25, 0.3) is 5.91 Å². The van der Waals surface area contributed by atoms with Gasteiger partial charge in [-0.05, 0) is 56.2 Å². The van der Waals surface area contributed by atoms with Crippen molar-refractivity contribution < 1.29 is 14.3 Å². The van der Waals surface area contributed by atoms with Crippen molar-refractivity contribution in [2.45, 2.75) is 33.8 Å². The zero-order valence-corrected chi connectivity index (χ0v) is 18.3. The van der Waals surface area contributed by atoms with Gasteiger partial charge in [-0.1, -0.05) is 36.8 Å². The maximum absolute atomic E-state index is 13.2. The van der Waals surface area contributed by atoms with Crippen molar-refractivity contribution in [2.24, 2.45) is 4.99 Å². The molecular weight excluding hydrogens is 402 g/mol. The molecule has 0 spiro atoms. The van der Waals surface area contributed by atoms with Crippen LogP contribution in [0.5, 0.6) is 0 Å². The smallest absolute Gasteiger partial charge is 0.261 e. The molecule has 2 aromatic carbocycles. The number of carbonyl (C=O) groups is 1. The molecule has 0 aliphatic heterocycles. The summed E-state index contributed by atoms with van der Waals surface area (Å²) in [5.74, 6) is -0.346. The summed E-state index contributed by atoms with van der Waals surface area (Å²) in [6.07, 6.45) is 2.52. The normalized spacial score (nSPS) is 11.7. The van der Waals surface area contributed by atoms with Crippen LogP contribution in [-0.2, 0) is 13.0 Å². The quantitative estimate of drug-likeness (QED) is 0.470. The summed E-state index contributed by atoms with van der Waals surface area (Å²) < 4.78 is 6.10. The molecule has 2 N–H and O–H groups in total. The minimum Gasteiger partial charge on any atom is -0.436 e. The fourth-order valence-electron chi connectivity index (χ4n) is 3.42. The highest BCUT2D eigenvalue weighted by molar-refractivity contribution is 6.05. The molecule has 0 saturated heterocycles. The number of carbonyl (C=O) groups excluding carboxylic acids is 1. The number of benzene rings is 2. The second-order valence-corrected chi connectivity index (χ2v) is 7.69. The van der Waals surface area contributed by atoms with Crippen molar-refractivity contribution in [3.63, 3.8) is 0 Å². The maximum Gasteiger partial charge on any atom is 0.261 e. The van der Waals surface area contributed by atoms with E-state index in [0.29, 0.717) is 33.6 Å². The first-order valence-corrected chi connectivity index (χ1v) is 10.5. The topological polar surface area (TPSA) is 87.7 Å². The summed E-state index contributed by atoms with van der Waals surface area (Å²) in [5, 5.41) is 13.3. The molecule has 2 heterocycles. The third kappa shape index (κ3) is 4.45. The molecule has 6 nitrogen and oxygen atoms in total. The van der Waals surface area contributed by atoms with Crippen LogP contribution >= 0.6 is 0 Å². The van der Waals surface area contributed by atoms with Gasteiger partial charge in [0.05, 0.1) is 18.0 Å². The largest absolute Gasteiger partial charge is 0.436 e. The molecule has 0 aliphatic rings. The number of rotatable bonds is 5. The minimum absolute atomic E-state index is 0.186. The summed E-state index contributed by atoms with van der Waals surface area (Å²) in [4.78, 5) is 22.2. The molecule has 4 rings (SSSR count). The molecule has 32 heavy (non-hydrogen) atoms. The first-order chi connectivity index (χ1) is 15.5. The molecule has 0 unspecified atom stereocenters. The number of aliphatic hydroxyl groups excluding tert-OH is 1. The standard InChI is InChI=1S/C26H25N3O3/c1-4-18-7-11-21(12-8-18)29-26-23(25(31)28-20-9-5-16(2)6-10-20)13-22-19(15-30)14-27-17(3)24(22)32-26/h5-14,30H,4,15H2,1-3H3,(H,28,31). The van der Waals surface area contributed by atoms with Crippen LogP contribution in [-0.4, -0.2) is 16.0 Å². The van der Waals surface area contributed by atoms with Crippen LogP contribution in [0, 0.1) is 13.8 Å². The van der Waals surface area contributed by atoms with E-state index in [1.165, 1.54) is 5.56 Å². The zero-order chi connectivity index (χ0) is 22.7. The SMILES string of the molecule is CCc1ccc(N=c2oc3c(C)ncc(CO)c3cc2C(=O)Nc2ccc(C)cc2)cc1. The molecule has 0 saturated carbocycles. The average Bonchev–Trinajstić information content (AvgIpc) is 2.81. The first kappa shape index (κ1) is 21.5. The number of fused-ring (bicyclic) bond motifs is 1.